The number of methoxy groups -OCH3 is 1. The molecule has 1 amide bonds. The van der Waals surface area contributed by atoms with Gasteiger partial charge in [0.25, 0.3) is 5.91 Å². The minimum atomic E-state index is -0.686. The zero-order valence-electron chi connectivity index (χ0n) is 14.2. The molecule has 25 heavy (non-hydrogen) atoms. The molecule has 0 bridgehead atoms. The van der Waals surface area contributed by atoms with Crippen molar-refractivity contribution in [1.82, 2.24) is 0 Å². The second-order valence-corrected chi connectivity index (χ2v) is 5.45. The summed E-state index contributed by atoms with van der Waals surface area (Å²) in [5.41, 5.74) is 2.13. The van der Waals surface area contributed by atoms with E-state index in [-0.39, 0.29) is 5.91 Å². The molecule has 0 fully saturated rings. The van der Waals surface area contributed by atoms with Crippen molar-refractivity contribution in [1.29, 1.82) is 0 Å². The Morgan fingerprint density at radius 2 is 1.92 bits per heavy atom. The van der Waals surface area contributed by atoms with Gasteiger partial charge >= 0.3 is 0 Å². The zero-order valence-corrected chi connectivity index (χ0v) is 14.2. The maximum absolute atomic E-state index is 12.5. The second kappa shape index (κ2) is 7.70. The highest BCUT2D eigenvalue weighted by Crippen LogP contribution is 2.27. The standard InChI is InChI=1S/C19H20N2O4/c1-3-24-17-11-7-5-9-14(17)20-19(22)18-12-15(21-25-18)13-8-4-6-10-16(13)23-2/h4-11,18H,3,12H2,1-2H3,(H,20,22)/t18-/m0/s1. The summed E-state index contributed by atoms with van der Waals surface area (Å²) in [6.45, 7) is 2.42. The van der Waals surface area contributed by atoms with E-state index in [2.05, 4.69) is 10.5 Å². The van der Waals surface area contributed by atoms with Crippen molar-refractivity contribution in [3.8, 4) is 11.5 Å². The Kier molecular flexibility index (Phi) is 5.18. The fourth-order valence-electron chi connectivity index (χ4n) is 2.62. The highest BCUT2D eigenvalue weighted by atomic mass is 16.6. The third-order valence-corrected chi connectivity index (χ3v) is 3.82. The van der Waals surface area contributed by atoms with Crippen LogP contribution in [0.4, 0.5) is 5.69 Å². The van der Waals surface area contributed by atoms with Crippen LogP contribution in [-0.4, -0.2) is 31.4 Å². The minimum absolute atomic E-state index is 0.263. The first-order valence-electron chi connectivity index (χ1n) is 8.11. The van der Waals surface area contributed by atoms with Gasteiger partial charge in [-0.2, -0.15) is 0 Å². The van der Waals surface area contributed by atoms with E-state index in [0.717, 1.165) is 5.56 Å². The number of hydrogen-bond donors (Lipinski definition) is 1. The lowest BCUT2D eigenvalue weighted by molar-refractivity contribution is -0.125. The number of oxime groups is 1. The normalized spacial score (nSPS) is 15.9. The summed E-state index contributed by atoms with van der Waals surface area (Å²) in [5, 5.41) is 6.91. The molecule has 0 saturated heterocycles. The molecular formula is C19H20N2O4. The molecule has 6 nitrogen and oxygen atoms in total. The number of ether oxygens (including phenoxy) is 2. The molecular weight excluding hydrogens is 320 g/mol. The Balaban J connectivity index is 1.68. The lowest BCUT2D eigenvalue weighted by Gasteiger charge is -2.13. The molecule has 1 atom stereocenters. The SMILES string of the molecule is CCOc1ccccc1NC(=O)[C@@H]1CC(c2ccccc2OC)=NO1. The molecule has 1 heterocycles. The molecule has 6 heteroatoms. The number of para-hydroxylation sites is 3. The van der Waals surface area contributed by atoms with E-state index in [9.17, 15) is 4.79 Å². The highest BCUT2D eigenvalue weighted by Gasteiger charge is 2.30. The molecule has 2 aromatic carbocycles. The van der Waals surface area contributed by atoms with Crippen molar-refractivity contribution in [2.24, 2.45) is 5.16 Å². The number of carbonyl (C=O) groups excluding carboxylic acids is 1. The number of amides is 1. The fraction of sp³-hybridized carbons (Fsp3) is 0.263. The van der Waals surface area contributed by atoms with E-state index < -0.39 is 6.10 Å². The third-order valence-electron chi connectivity index (χ3n) is 3.82. The molecule has 1 aliphatic heterocycles. The monoisotopic (exact) mass is 340 g/mol. The number of hydrogen-bond acceptors (Lipinski definition) is 5. The zero-order chi connectivity index (χ0) is 17.6. The van der Waals surface area contributed by atoms with E-state index in [0.29, 0.717) is 35.9 Å². The molecule has 0 saturated carbocycles. The summed E-state index contributed by atoms with van der Waals surface area (Å²) in [6.07, 6.45) is -0.308. The van der Waals surface area contributed by atoms with Crippen LogP contribution >= 0.6 is 0 Å². The van der Waals surface area contributed by atoms with Crippen molar-refractivity contribution < 1.29 is 19.1 Å². The average molecular weight is 340 g/mol. The van der Waals surface area contributed by atoms with Crippen molar-refractivity contribution in [2.75, 3.05) is 19.0 Å². The van der Waals surface area contributed by atoms with Crippen LogP contribution in [0.15, 0.2) is 53.7 Å². The number of carbonyl (C=O) groups is 1. The van der Waals surface area contributed by atoms with Gasteiger partial charge in [-0.25, -0.2) is 0 Å². The Labute approximate surface area is 146 Å². The Bertz CT molecular complexity index is 788. The Morgan fingerprint density at radius 1 is 1.20 bits per heavy atom. The van der Waals surface area contributed by atoms with E-state index >= 15 is 0 Å². The summed E-state index contributed by atoms with van der Waals surface area (Å²) in [6, 6.07) is 14.8. The first-order valence-corrected chi connectivity index (χ1v) is 8.11. The molecule has 1 N–H and O–H groups in total. The van der Waals surface area contributed by atoms with Gasteiger partial charge in [0, 0.05) is 12.0 Å². The molecule has 0 unspecified atom stereocenters. The molecule has 0 spiro atoms. The Hall–Kier alpha value is -3.02. The molecule has 0 radical (unpaired) electrons. The van der Waals surface area contributed by atoms with Gasteiger partial charge < -0.3 is 19.6 Å². The lowest BCUT2D eigenvalue weighted by Crippen LogP contribution is -2.28. The van der Waals surface area contributed by atoms with Gasteiger partial charge in [0.05, 0.1) is 25.1 Å². The largest absolute Gasteiger partial charge is 0.496 e. The van der Waals surface area contributed by atoms with Crippen LogP contribution in [0.25, 0.3) is 0 Å². The van der Waals surface area contributed by atoms with Crippen molar-refractivity contribution in [2.45, 2.75) is 19.4 Å². The number of benzene rings is 2. The Morgan fingerprint density at radius 3 is 2.68 bits per heavy atom. The van der Waals surface area contributed by atoms with E-state index in [1.165, 1.54) is 0 Å². The van der Waals surface area contributed by atoms with E-state index in [1.807, 2.05) is 49.4 Å². The topological polar surface area (TPSA) is 69.2 Å². The van der Waals surface area contributed by atoms with Gasteiger partial charge in [-0.1, -0.05) is 29.4 Å². The summed E-state index contributed by atoms with van der Waals surface area (Å²) < 4.78 is 10.9. The van der Waals surface area contributed by atoms with E-state index in [4.69, 9.17) is 14.3 Å². The maximum Gasteiger partial charge on any atom is 0.268 e. The maximum atomic E-state index is 12.5. The van der Waals surface area contributed by atoms with Crippen LogP contribution in [0, 0.1) is 0 Å². The van der Waals surface area contributed by atoms with Gasteiger partial charge in [-0.15, -0.1) is 0 Å². The lowest BCUT2D eigenvalue weighted by atomic mass is 10.0. The number of nitrogens with one attached hydrogen (secondary N) is 1. The van der Waals surface area contributed by atoms with Gasteiger partial charge in [0.2, 0.25) is 6.10 Å². The summed E-state index contributed by atoms with van der Waals surface area (Å²) >= 11 is 0. The molecule has 0 aliphatic carbocycles. The van der Waals surface area contributed by atoms with E-state index in [1.54, 1.807) is 13.2 Å². The highest BCUT2D eigenvalue weighted by molar-refractivity contribution is 6.07. The van der Waals surface area contributed by atoms with Crippen molar-refractivity contribution >= 4 is 17.3 Å². The number of anilines is 1. The van der Waals surface area contributed by atoms with Crippen LogP contribution in [-0.2, 0) is 9.63 Å². The van der Waals surface area contributed by atoms with Gasteiger partial charge in [0.1, 0.15) is 11.5 Å². The van der Waals surface area contributed by atoms with Crippen LogP contribution in [0.1, 0.15) is 18.9 Å². The number of nitrogens with zero attached hydrogens (tertiary/aromatic N) is 1. The van der Waals surface area contributed by atoms with Crippen LogP contribution < -0.4 is 14.8 Å². The molecule has 1 aliphatic rings. The van der Waals surface area contributed by atoms with Crippen molar-refractivity contribution in [3.63, 3.8) is 0 Å². The summed E-state index contributed by atoms with van der Waals surface area (Å²) in [4.78, 5) is 17.8. The molecule has 3 rings (SSSR count). The summed E-state index contributed by atoms with van der Waals surface area (Å²) in [5.74, 6) is 1.07. The van der Waals surface area contributed by atoms with Gasteiger partial charge in [-0.05, 0) is 31.2 Å². The van der Waals surface area contributed by atoms with Crippen molar-refractivity contribution in [3.05, 3.63) is 54.1 Å². The predicted octanol–water partition coefficient (Wildman–Crippen LogP) is 3.23. The van der Waals surface area contributed by atoms with Crippen LogP contribution in [0.3, 0.4) is 0 Å². The average Bonchev–Trinajstić information content (AvgIpc) is 3.13. The summed E-state index contributed by atoms with van der Waals surface area (Å²) in [7, 11) is 1.60. The number of rotatable bonds is 6. The van der Waals surface area contributed by atoms with Crippen LogP contribution in [0.5, 0.6) is 11.5 Å². The third kappa shape index (κ3) is 3.74. The van der Waals surface area contributed by atoms with Gasteiger partial charge in [-0.3, -0.25) is 4.79 Å². The molecule has 130 valence electrons. The van der Waals surface area contributed by atoms with Gasteiger partial charge in [0.15, 0.2) is 0 Å². The minimum Gasteiger partial charge on any atom is -0.496 e. The van der Waals surface area contributed by atoms with Crippen LogP contribution in [0.2, 0.25) is 0 Å². The first kappa shape index (κ1) is 16.8. The molecule has 0 aromatic heterocycles. The predicted molar refractivity (Wildman–Crippen MR) is 95.3 cm³/mol. The smallest absolute Gasteiger partial charge is 0.268 e. The second-order valence-electron chi connectivity index (χ2n) is 5.45. The molecule has 2 aromatic rings. The fourth-order valence-corrected chi connectivity index (χ4v) is 2.62. The quantitative estimate of drug-likeness (QED) is 0.876. The first-order chi connectivity index (χ1) is 12.2.